The first-order chi connectivity index (χ1) is 17.7. The number of rotatable bonds is 4. The molecule has 0 amide bonds. The van der Waals surface area contributed by atoms with E-state index in [0.29, 0.717) is 0 Å². The Bertz CT molecular complexity index is 1380. The number of nitrogens with zero attached hydrogens (tertiary/aromatic N) is 1. The standard InChI is InChI=1S/C31H26N.ClHO4/c1-23-13-15-24(16-14-23)28-21-29(25-9-5-3-6-10-25)31(27-17-19-32(2)20-18-27)30(22-28)26-11-7-4-8-12-26;2-1(3,4)5/h3-22H,1-2H3;(H,2,3,4,5)/q+1;/p-1. The maximum atomic E-state index is 8.49. The molecule has 0 atom stereocenters. The molecule has 0 fully saturated rings. The second kappa shape index (κ2) is 11.5. The number of aryl methyl sites for hydroxylation is 2. The smallest absolute Gasteiger partial charge is 0.169 e. The predicted octanol–water partition coefficient (Wildman–Crippen LogP) is 2.73. The number of halogens is 1. The Morgan fingerprint density at radius 1 is 0.514 bits per heavy atom. The van der Waals surface area contributed by atoms with Crippen molar-refractivity contribution in [2.45, 2.75) is 6.92 Å². The van der Waals surface area contributed by atoms with Gasteiger partial charge in [-0.2, -0.15) is 0 Å². The van der Waals surface area contributed by atoms with Gasteiger partial charge in [-0.25, -0.2) is 23.2 Å². The third kappa shape index (κ3) is 7.11. The molecule has 0 unspecified atom stereocenters. The summed E-state index contributed by atoms with van der Waals surface area (Å²) < 4.78 is 36.1. The average Bonchev–Trinajstić information content (AvgIpc) is 2.89. The fourth-order valence-corrected chi connectivity index (χ4v) is 4.22. The highest BCUT2D eigenvalue weighted by Gasteiger charge is 2.17. The second-order valence-electron chi connectivity index (χ2n) is 8.67. The average molecular weight is 512 g/mol. The van der Waals surface area contributed by atoms with Crippen LogP contribution in [0.25, 0.3) is 44.5 Å². The van der Waals surface area contributed by atoms with Crippen molar-refractivity contribution in [2.24, 2.45) is 7.05 Å². The largest absolute Gasteiger partial charge is 0.222 e. The van der Waals surface area contributed by atoms with Crippen molar-refractivity contribution in [1.82, 2.24) is 0 Å². The second-order valence-corrected chi connectivity index (χ2v) is 9.43. The Hall–Kier alpha value is -3.84. The number of hydrogen-bond donors (Lipinski definition) is 0. The summed E-state index contributed by atoms with van der Waals surface area (Å²) in [6.07, 6.45) is 4.24. The Morgan fingerprint density at radius 3 is 1.38 bits per heavy atom. The van der Waals surface area contributed by atoms with E-state index in [9.17, 15) is 0 Å². The van der Waals surface area contributed by atoms with E-state index in [1.54, 1.807) is 0 Å². The molecule has 0 spiro atoms. The SMILES string of the molecule is Cc1ccc(-c2cc(-c3ccccc3)c(-c3cc[n+](C)cc3)c(-c3ccccc3)c2)cc1.[O-][Cl+3]([O-])([O-])[O-]. The maximum Gasteiger partial charge on any atom is 0.169 e. The van der Waals surface area contributed by atoms with Crippen LogP contribution in [0, 0.1) is 17.2 Å². The van der Waals surface area contributed by atoms with Gasteiger partial charge in [0, 0.05) is 12.1 Å². The molecule has 0 bridgehead atoms. The Kier molecular flexibility index (Phi) is 8.14. The zero-order valence-corrected chi connectivity index (χ0v) is 21.3. The molecule has 0 aliphatic heterocycles. The first-order valence-corrected chi connectivity index (χ1v) is 12.9. The summed E-state index contributed by atoms with van der Waals surface area (Å²) in [5.74, 6) is 0. The number of benzene rings is 4. The molecular formula is C31H26ClNO4. The predicted molar refractivity (Wildman–Crippen MR) is 134 cm³/mol. The number of pyridine rings is 1. The summed E-state index contributed by atoms with van der Waals surface area (Å²) in [4.78, 5) is 0. The minimum Gasteiger partial charge on any atom is -0.222 e. The van der Waals surface area contributed by atoms with Crippen LogP contribution >= 0.6 is 0 Å². The van der Waals surface area contributed by atoms with Gasteiger partial charge in [0.2, 0.25) is 0 Å². The molecule has 5 aromatic rings. The molecule has 5 rings (SSSR count). The van der Waals surface area contributed by atoms with E-state index in [0.717, 1.165) is 0 Å². The van der Waals surface area contributed by atoms with Crippen molar-refractivity contribution in [2.75, 3.05) is 0 Å². The lowest BCUT2D eigenvalue weighted by atomic mass is 9.85. The van der Waals surface area contributed by atoms with Crippen LogP contribution in [0.15, 0.2) is 122 Å². The van der Waals surface area contributed by atoms with Gasteiger partial charge in [-0.3, -0.25) is 0 Å². The Morgan fingerprint density at radius 2 is 0.946 bits per heavy atom. The summed E-state index contributed by atoms with van der Waals surface area (Å²) >= 11 is 0. The van der Waals surface area contributed by atoms with Gasteiger partial charge < -0.3 is 0 Å². The van der Waals surface area contributed by atoms with Crippen LogP contribution in [-0.4, -0.2) is 0 Å². The summed E-state index contributed by atoms with van der Waals surface area (Å²) in [6, 6.07) is 39.3. The normalized spacial score (nSPS) is 11.0. The van der Waals surface area contributed by atoms with E-state index in [1.165, 1.54) is 50.1 Å². The van der Waals surface area contributed by atoms with Crippen molar-refractivity contribution in [3.8, 4) is 44.5 Å². The summed E-state index contributed by atoms with van der Waals surface area (Å²) in [5.41, 5.74) is 11.2. The van der Waals surface area contributed by atoms with E-state index in [4.69, 9.17) is 18.6 Å². The van der Waals surface area contributed by atoms with Crippen LogP contribution in [-0.2, 0) is 7.05 Å². The van der Waals surface area contributed by atoms with Crippen LogP contribution in [0.1, 0.15) is 5.56 Å². The Labute approximate surface area is 218 Å². The van der Waals surface area contributed by atoms with E-state index in [1.807, 2.05) is 0 Å². The van der Waals surface area contributed by atoms with Gasteiger partial charge in [0.25, 0.3) is 0 Å². The Balaban J connectivity index is 0.000000586. The van der Waals surface area contributed by atoms with Crippen molar-refractivity contribution in [1.29, 1.82) is 0 Å². The lowest BCUT2D eigenvalue weighted by Gasteiger charge is -2.19. The summed E-state index contributed by atoms with van der Waals surface area (Å²) in [6.45, 7) is 2.13. The lowest BCUT2D eigenvalue weighted by molar-refractivity contribution is -2.00. The lowest BCUT2D eigenvalue weighted by Crippen LogP contribution is -2.68. The molecule has 0 aliphatic rings. The quantitative estimate of drug-likeness (QED) is 0.347. The maximum absolute atomic E-state index is 8.49. The van der Waals surface area contributed by atoms with Gasteiger partial charge in [-0.15, -0.1) is 10.2 Å². The highest BCUT2D eigenvalue weighted by atomic mass is 35.7. The number of hydrogen-bond acceptors (Lipinski definition) is 4. The van der Waals surface area contributed by atoms with Crippen molar-refractivity contribution < 1.29 is 33.4 Å². The highest BCUT2D eigenvalue weighted by Crippen LogP contribution is 2.43. The van der Waals surface area contributed by atoms with E-state index in [2.05, 4.69) is 140 Å². The summed E-state index contributed by atoms with van der Waals surface area (Å²) in [7, 11) is -2.89. The zero-order chi connectivity index (χ0) is 26.4. The monoisotopic (exact) mass is 511 g/mol. The molecule has 0 radical (unpaired) electrons. The first kappa shape index (κ1) is 26.2. The molecule has 0 saturated heterocycles. The molecule has 0 N–H and O–H groups in total. The number of aromatic nitrogens is 1. The van der Waals surface area contributed by atoms with E-state index in [-0.39, 0.29) is 0 Å². The molecule has 4 aromatic carbocycles. The topological polar surface area (TPSA) is 96.1 Å². The molecule has 186 valence electrons. The molecule has 1 aromatic heterocycles. The van der Waals surface area contributed by atoms with Crippen molar-refractivity contribution in [3.63, 3.8) is 0 Å². The van der Waals surface area contributed by atoms with Crippen LogP contribution < -0.4 is 23.2 Å². The van der Waals surface area contributed by atoms with Gasteiger partial charge in [-0.05, 0) is 63.6 Å². The van der Waals surface area contributed by atoms with Crippen LogP contribution in [0.2, 0.25) is 0 Å². The highest BCUT2D eigenvalue weighted by molar-refractivity contribution is 5.97. The molecular weight excluding hydrogens is 486 g/mol. The van der Waals surface area contributed by atoms with Gasteiger partial charge in [0.05, 0.1) is 0 Å². The van der Waals surface area contributed by atoms with Gasteiger partial charge in [0.15, 0.2) is 12.4 Å². The first-order valence-electron chi connectivity index (χ1n) is 11.6. The van der Waals surface area contributed by atoms with Crippen molar-refractivity contribution in [3.05, 3.63) is 127 Å². The summed E-state index contributed by atoms with van der Waals surface area (Å²) in [5, 5.41) is 0. The molecule has 0 saturated carbocycles. The third-order valence-electron chi connectivity index (χ3n) is 5.96. The van der Waals surface area contributed by atoms with Crippen molar-refractivity contribution >= 4 is 0 Å². The molecule has 6 heteroatoms. The molecule has 1 heterocycles. The van der Waals surface area contributed by atoms with Crippen LogP contribution in [0.3, 0.4) is 0 Å². The van der Waals surface area contributed by atoms with E-state index < -0.39 is 10.2 Å². The molecule has 0 aliphatic carbocycles. The van der Waals surface area contributed by atoms with Gasteiger partial charge >= 0.3 is 0 Å². The van der Waals surface area contributed by atoms with Gasteiger partial charge in [-0.1, -0.05) is 90.5 Å². The minimum atomic E-state index is -4.94. The van der Waals surface area contributed by atoms with Crippen LogP contribution in [0.5, 0.6) is 0 Å². The fraction of sp³-hybridized carbons (Fsp3) is 0.0645. The molecule has 5 nitrogen and oxygen atoms in total. The third-order valence-corrected chi connectivity index (χ3v) is 5.96. The van der Waals surface area contributed by atoms with Gasteiger partial charge in [0.1, 0.15) is 7.05 Å². The zero-order valence-electron chi connectivity index (χ0n) is 20.5. The minimum absolute atomic E-state index is 1.22. The van der Waals surface area contributed by atoms with E-state index >= 15 is 0 Å². The fourth-order valence-electron chi connectivity index (χ4n) is 4.22. The van der Waals surface area contributed by atoms with Crippen LogP contribution in [0.4, 0.5) is 0 Å². The molecule has 37 heavy (non-hydrogen) atoms.